The van der Waals surface area contributed by atoms with Crippen LogP contribution in [0.25, 0.3) is 0 Å². The molecule has 0 aliphatic carbocycles. The summed E-state index contributed by atoms with van der Waals surface area (Å²) < 4.78 is 0. The van der Waals surface area contributed by atoms with E-state index in [2.05, 4.69) is 0 Å². The minimum atomic E-state index is 0. The van der Waals surface area contributed by atoms with Gasteiger partial charge in [-0.05, 0) is 26.2 Å². The number of phenols is 1. The second-order valence-electron chi connectivity index (χ2n) is 3.13. The molecule has 0 bridgehead atoms. The standard InChI is InChI=1S/C9H11Cl2NO.Ni/c1-12(2)5-6-3-7(10)4-8(11)9(6)13;/h3-4,13H,5H2,1-2H3;. The molecule has 0 aliphatic rings. The van der Waals surface area contributed by atoms with Crippen molar-refractivity contribution >= 4 is 23.2 Å². The number of hydrogen-bond donors (Lipinski definition) is 1. The number of phenolic OH excluding ortho intramolecular Hbond substituents is 1. The first-order valence-electron chi connectivity index (χ1n) is 3.82. The number of aromatic hydroxyl groups is 1. The number of nitrogens with zero attached hydrogens (tertiary/aromatic N) is 1. The van der Waals surface area contributed by atoms with E-state index in [0.29, 0.717) is 16.6 Å². The third-order valence-corrected chi connectivity index (χ3v) is 2.10. The average Bonchev–Trinajstić information content (AvgIpc) is 1.98. The van der Waals surface area contributed by atoms with Crippen LogP contribution in [0.1, 0.15) is 5.56 Å². The molecule has 0 aliphatic heterocycles. The van der Waals surface area contributed by atoms with Crippen molar-refractivity contribution in [1.82, 2.24) is 4.90 Å². The molecule has 0 heterocycles. The monoisotopic (exact) mass is 277 g/mol. The summed E-state index contributed by atoms with van der Waals surface area (Å²) in [4.78, 5) is 1.93. The Balaban J connectivity index is 0.00000169. The summed E-state index contributed by atoms with van der Waals surface area (Å²) in [6, 6.07) is 3.24. The molecule has 2 nitrogen and oxygen atoms in total. The van der Waals surface area contributed by atoms with Crippen molar-refractivity contribution in [3.63, 3.8) is 0 Å². The quantitative estimate of drug-likeness (QED) is 0.841. The molecule has 0 saturated heterocycles. The van der Waals surface area contributed by atoms with Crippen molar-refractivity contribution in [2.45, 2.75) is 6.54 Å². The Morgan fingerprint density at radius 3 is 2.36 bits per heavy atom. The molecule has 0 amide bonds. The van der Waals surface area contributed by atoms with E-state index in [-0.39, 0.29) is 22.2 Å². The van der Waals surface area contributed by atoms with Crippen LogP contribution in [0, 0.1) is 0 Å². The Kier molecular flexibility index (Phi) is 5.84. The van der Waals surface area contributed by atoms with Crippen LogP contribution in [0.4, 0.5) is 0 Å². The zero-order chi connectivity index (χ0) is 10.0. The number of hydrogen-bond acceptors (Lipinski definition) is 2. The smallest absolute Gasteiger partial charge is 0.138 e. The number of rotatable bonds is 2. The van der Waals surface area contributed by atoms with E-state index >= 15 is 0 Å². The molecule has 5 heteroatoms. The molecule has 0 saturated carbocycles. The minimum absolute atomic E-state index is 0. The Bertz CT molecular complexity index is 318. The minimum Gasteiger partial charge on any atom is -0.506 e. The SMILES string of the molecule is CN(C)Cc1cc(Cl)cc(Cl)c1O.[Ni]. The fraction of sp³-hybridized carbons (Fsp3) is 0.333. The molecule has 0 aromatic heterocycles. The number of halogens is 2. The van der Waals surface area contributed by atoms with Crippen LogP contribution in [-0.4, -0.2) is 24.1 Å². The molecule has 82 valence electrons. The summed E-state index contributed by atoms with van der Waals surface area (Å²) in [5.41, 5.74) is 0.738. The summed E-state index contributed by atoms with van der Waals surface area (Å²) >= 11 is 11.5. The van der Waals surface area contributed by atoms with E-state index in [0.717, 1.165) is 5.56 Å². The second kappa shape index (κ2) is 5.82. The molecule has 14 heavy (non-hydrogen) atoms. The van der Waals surface area contributed by atoms with Gasteiger partial charge in [0, 0.05) is 33.6 Å². The van der Waals surface area contributed by atoms with Gasteiger partial charge in [-0.3, -0.25) is 0 Å². The first-order valence-corrected chi connectivity index (χ1v) is 4.58. The van der Waals surface area contributed by atoms with E-state index in [1.54, 1.807) is 6.07 Å². The molecule has 0 spiro atoms. The summed E-state index contributed by atoms with van der Waals surface area (Å²) in [5, 5.41) is 10.4. The molecule has 0 fully saturated rings. The first kappa shape index (κ1) is 14.1. The fourth-order valence-electron chi connectivity index (χ4n) is 1.08. The molecule has 1 aromatic carbocycles. The van der Waals surface area contributed by atoms with Crippen molar-refractivity contribution in [1.29, 1.82) is 0 Å². The summed E-state index contributed by atoms with van der Waals surface area (Å²) in [6.07, 6.45) is 0. The molecular weight excluding hydrogens is 268 g/mol. The number of benzene rings is 1. The first-order chi connectivity index (χ1) is 6.00. The van der Waals surface area contributed by atoms with Gasteiger partial charge >= 0.3 is 0 Å². The van der Waals surface area contributed by atoms with E-state index in [9.17, 15) is 5.11 Å². The second-order valence-corrected chi connectivity index (χ2v) is 3.98. The van der Waals surface area contributed by atoms with Gasteiger partial charge in [0.15, 0.2) is 0 Å². The molecular formula is C9H11Cl2NNiO. The predicted molar refractivity (Wildman–Crippen MR) is 55.5 cm³/mol. The molecule has 1 N–H and O–H groups in total. The largest absolute Gasteiger partial charge is 0.506 e. The average molecular weight is 279 g/mol. The van der Waals surface area contributed by atoms with Crippen molar-refractivity contribution in [2.75, 3.05) is 14.1 Å². The third kappa shape index (κ3) is 3.66. The van der Waals surface area contributed by atoms with Crippen LogP contribution in [0.3, 0.4) is 0 Å². The Labute approximate surface area is 104 Å². The maximum atomic E-state index is 9.55. The van der Waals surface area contributed by atoms with Gasteiger partial charge in [-0.1, -0.05) is 23.2 Å². The molecule has 1 rings (SSSR count). The van der Waals surface area contributed by atoms with Crippen molar-refractivity contribution in [3.8, 4) is 5.75 Å². The Morgan fingerprint density at radius 1 is 1.29 bits per heavy atom. The van der Waals surface area contributed by atoms with Gasteiger partial charge in [-0.15, -0.1) is 0 Å². The van der Waals surface area contributed by atoms with E-state index < -0.39 is 0 Å². The van der Waals surface area contributed by atoms with Gasteiger partial charge in [-0.25, -0.2) is 0 Å². The van der Waals surface area contributed by atoms with Gasteiger partial charge in [0.2, 0.25) is 0 Å². The maximum Gasteiger partial charge on any atom is 0.138 e. The van der Waals surface area contributed by atoms with E-state index in [1.807, 2.05) is 19.0 Å². The molecule has 1 aromatic rings. The molecule has 0 unspecified atom stereocenters. The Hall–Kier alpha value is 0.0535. The Morgan fingerprint density at radius 2 is 1.86 bits per heavy atom. The van der Waals surface area contributed by atoms with Gasteiger partial charge < -0.3 is 10.0 Å². The summed E-state index contributed by atoms with van der Waals surface area (Å²) in [5.74, 6) is 0.111. The van der Waals surface area contributed by atoms with Crippen molar-refractivity contribution in [3.05, 3.63) is 27.7 Å². The van der Waals surface area contributed by atoms with Crippen LogP contribution in [0.5, 0.6) is 5.75 Å². The van der Waals surface area contributed by atoms with Crippen LogP contribution < -0.4 is 0 Å². The van der Waals surface area contributed by atoms with Crippen molar-refractivity contribution in [2.24, 2.45) is 0 Å². The van der Waals surface area contributed by atoms with Gasteiger partial charge in [0.1, 0.15) is 5.75 Å². The van der Waals surface area contributed by atoms with Crippen LogP contribution in [-0.2, 0) is 23.0 Å². The zero-order valence-electron chi connectivity index (χ0n) is 7.83. The normalized spacial score (nSPS) is 10.1. The van der Waals surface area contributed by atoms with Crippen LogP contribution in [0.15, 0.2) is 12.1 Å². The van der Waals surface area contributed by atoms with Gasteiger partial charge in [0.05, 0.1) is 5.02 Å². The molecule has 0 atom stereocenters. The van der Waals surface area contributed by atoms with E-state index in [1.165, 1.54) is 6.07 Å². The maximum absolute atomic E-state index is 9.55. The molecule has 0 radical (unpaired) electrons. The summed E-state index contributed by atoms with van der Waals surface area (Å²) in [7, 11) is 3.82. The van der Waals surface area contributed by atoms with Crippen LogP contribution >= 0.6 is 23.2 Å². The van der Waals surface area contributed by atoms with Crippen LogP contribution in [0.2, 0.25) is 10.0 Å². The van der Waals surface area contributed by atoms with E-state index in [4.69, 9.17) is 23.2 Å². The predicted octanol–water partition coefficient (Wildman–Crippen LogP) is 2.76. The van der Waals surface area contributed by atoms with Crippen molar-refractivity contribution < 1.29 is 21.6 Å². The summed E-state index contributed by atoms with van der Waals surface area (Å²) in [6.45, 7) is 0.617. The topological polar surface area (TPSA) is 23.5 Å². The fourth-order valence-corrected chi connectivity index (χ4v) is 1.62. The van der Waals surface area contributed by atoms with Gasteiger partial charge in [0.25, 0.3) is 0 Å². The zero-order valence-corrected chi connectivity index (χ0v) is 10.3. The third-order valence-electron chi connectivity index (χ3n) is 1.59. The van der Waals surface area contributed by atoms with Gasteiger partial charge in [-0.2, -0.15) is 0 Å².